The molecule has 3 aromatic rings. The van der Waals surface area contributed by atoms with Crippen molar-refractivity contribution in [2.45, 2.75) is 69.5 Å². The number of hydrogen-bond acceptors (Lipinski definition) is 5. The molecule has 0 spiro atoms. The fourth-order valence-corrected chi connectivity index (χ4v) is 6.90. The molecule has 10 heteroatoms. The minimum atomic E-state index is -4.18. The number of benzene rings is 3. The Morgan fingerprint density at radius 1 is 1.00 bits per heavy atom. The number of carbonyl (C=O) groups is 2. The second-order valence-electron chi connectivity index (χ2n) is 10.7. The Labute approximate surface area is 253 Å². The lowest BCUT2D eigenvalue weighted by atomic mass is 9.95. The van der Waals surface area contributed by atoms with Gasteiger partial charge < -0.3 is 15.0 Å². The second-order valence-corrected chi connectivity index (χ2v) is 12.9. The number of amides is 2. The normalized spacial score (nSPS) is 14.6. The SMILES string of the molecule is COc1ccc(N(CC(=O)N(Cc2cccc(C)c2)C(C)C(=O)NC2CCCCC2)S(=O)(=O)c2ccccc2)cc1Cl. The average molecular weight is 612 g/mol. The smallest absolute Gasteiger partial charge is 0.264 e. The van der Waals surface area contributed by atoms with Crippen LogP contribution in [0.3, 0.4) is 0 Å². The van der Waals surface area contributed by atoms with E-state index in [9.17, 15) is 18.0 Å². The number of rotatable bonds is 11. The van der Waals surface area contributed by atoms with Crippen LogP contribution in [-0.4, -0.2) is 50.9 Å². The molecule has 1 atom stereocenters. The first-order valence-electron chi connectivity index (χ1n) is 14.2. The molecule has 4 rings (SSSR count). The number of hydrogen-bond donors (Lipinski definition) is 1. The average Bonchev–Trinajstić information content (AvgIpc) is 2.99. The summed E-state index contributed by atoms with van der Waals surface area (Å²) in [6.45, 7) is 3.25. The molecule has 1 unspecified atom stereocenters. The molecule has 224 valence electrons. The van der Waals surface area contributed by atoms with E-state index >= 15 is 0 Å². The van der Waals surface area contributed by atoms with E-state index in [4.69, 9.17) is 16.3 Å². The van der Waals surface area contributed by atoms with Crippen LogP contribution in [0.1, 0.15) is 50.2 Å². The molecule has 0 heterocycles. The molecule has 3 aromatic carbocycles. The lowest BCUT2D eigenvalue weighted by Crippen LogP contribution is -2.53. The Balaban J connectivity index is 1.69. The van der Waals surface area contributed by atoms with Gasteiger partial charge in [-0.1, -0.05) is 78.9 Å². The van der Waals surface area contributed by atoms with Crippen LogP contribution in [0.15, 0.2) is 77.7 Å². The molecule has 42 heavy (non-hydrogen) atoms. The molecule has 1 aliphatic rings. The van der Waals surface area contributed by atoms with Crippen molar-refractivity contribution >= 4 is 39.1 Å². The van der Waals surface area contributed by atoms with Crippen molar-refractivity contribution in [2.75, 3.05) is 18.0 Å². The second kappa shape index (κ2) is 14.1. The summed E-state index contributed by atoms with van der Waals surface area (Å²) in [6, 6.07) is 19.4. The Morgan fingerprint density at radius 2 is 1.71 bits per heavy atom. The van der Waals surface area contributed by atoms with E-state index in [-0.39, 0.29) is 34.1 Å². The molecular formula is C32H38ClN3O5S. The molecule has 1 saturated carbocycles. The van der Waals surface area contributed by atoms with Crippen LogP contribution in [0.25, 0.3) is 0 Å². The van der Waals surface area contributed by atoms with Gasteiger partial charge >= 0.3 is 0 Å². The number of anilines is 1. The van der Waals surface area contributed by atoms with Gasteiger partial charge in [0.2, 0.25) is 11.8 Å². The maximum Gasteiger partial charge on any atom is 0.264 e. The number of nitrogens with one attached hydrogen (secondary N) is 1. The van der Waals surface area contributed by atoms with E-state index in [2.05, 4.69) is 5.32 Å². The van der Waals surface area contributed by atoms with Gasteiger partial charge in [-0.2, -0.15) is 0 Å². The summed E-state index contributed by atoms with van der Waals surface area (Å²) in [7, 11) is -2.72. The first-order chi connectivity index (χ1) is 20.1. The fourth-order valence-electron chi connectivity index (χ4n) is 5.22. The van der Waals surface area contributed by atoms with Gasteiger partial charge in [0.25, 0.3) is 10.0 Å². The number of aryl methyl sites for hydroxylation is 1. The first-order valence-corrected chi connectivity index (χ1v) is 16.0. The van der Waals surface area contributed by atoms with Gasteiger partial charge in [0.15, 0.2) is 0 Å². The first kappa shape index (κ1) is 31.4. The number of sulfonamides is 1. The van der Waals surface area contributed by atoms with E-state index in [1.807, 2.05) is 31.2 Å². The maximum absolute atomic E-state index is 14.1. The Morgan fingerprint density at radius 3 is 2.36 bits per heavy atom. The van der Waals surface area contributed by atoms with Gasteiger partial charge in [-0.3, -0.25) is 13.9 Å². The highest BCUT2D eigenvalue weighted by Gasteiger charge is 2.33. The number of methoxy groups -OCH3 is 1. The zero-order chi connectivity index (χ0) is 30.3. The Hall–Kier alpha value is -3.56. The van der Waals surface area contributed by atoms with Gasteiger partial charge in [0.05, 0.1) is 22.7 Å². The van der Waals surface area contributed by atoms with E-state index < -0.39 is 28.5 Å². The van der Waals surface area contributed by atoms with Crippen LogP contribution in [0.4, 0.5) is 5.69 Å². The van der Waals surface area contributed by atoms with Gasteiger partial charge in [-0.25, -0.2) is 8.42 Å². The quantitative estimate of drug-likeness (QED) is 0.299. The van der Waals surface area contributed by atoms with E-state index in [1.165, 1.54) is 30.2 Å². The molecule has 0 saturated heterocycles. The molecule has 0 radical (unpaired) electrons. The number of nitrogens with zero attached hydrogens (tertiary/aromatic N) is 2. The van der Waals surface area contributed by atoms with Crippen molar-refractivity contribution in [3.8, 4) is 5.75 Å². The largest absolute Gasteiger partial charge is 0.495 e. The van der Waals surface area contributed by atoms with Gasteiger partial charge in [-0.15, -0.1) is 0 Å². The monoisotopic (exact) mass is 611 g/mol. The predicted molar refractivity (Wildman–Crippen MR) is 165 cm³/mol. The number of carbonyl (C=O) groups excluding carboxylic acids is 2. The molecule has 1 N–H and O–H groups in total. The lowest BCUT2D eigenvalue weighted by Gasteiger charge is -2.33. The van der Waals surface area contributed by atoms with Crippen LogP contribution in [0, 0.1) is 6.92 Å². The van der Waals surface area contributed by atoms with Crippen LogP contribution >= 0.6 is 11.6 Å². The van der Waals surface area contributed by atoms with Crippen LogP contribution in [0.5, 0.6) is 5.75 Å². The van der Waals surface area contributed by atoms with Crippen LogP contribution < -0.4 is 14.4 Å². The van der Waals surface area contributed by atoms with Gasteiger partial charge in [0.1, 0.15) is 18.3 Å². The maximum atomic E-state index is 14.1. The van der Waals surface area contributed by atoms with Crippen LogP contribution in [0.2, 0.25) is 5.02 Å². The van der Waals surface area contributed by atoms with E-state index in [0.29, 0.717) is 5.75 Å². The summed E-state index contributed by atoms with van der Waals surface area (Å²) in [5.41, 5.74) is 2.05. The highest BCUT2D eigenvalue weighted by atomic mass is 35.5. The molecule has 8 nitrogen and oxygen atoms in total. The zero-order valence-electron chi connectivity index (χ0n) is 24.3. The van der Waals surface area contributed by atoms with Crippen molar-refractivity contribution in [3.63, 3.8) is 0 Å². The summed E-state index contributed by atoms with van der Waals surface area (Å²) < 4.78 is 34.1. The Bertz CT molecular complexity index is 1490. The highest BCUT2D eigenvalue weighted by Crippen LogP contribution is 2.32. The standard InChI is InChI=1S/C32H38ClN3O5S/c1-23-11-10-12-25(19-23)21-35(24(2)32(38)34-26-13-6-4-7-14-26)31(37)22-36(27-17-18-30(41-3)29(33)20-27)42(39,40)28-15-8-5-9-16-28/h5,8-12,15-20,24,26H,4,6-7,13-14,21-22H2,1-3H3,(H,34,38). The molecule has 1 aliphatic carbocycles. The van der Waals surface area contributed by atoms with Crippen molar-refractivity contribution in [2.24, 2.45) is 0 Å². The van der Waals surface area contributed by atoms with Gasteiger partial charge in [0, 0.05) is 12.6 Å². The minimum Gasteiger partial charge on any atom is -0.495 e. The third kappa shape index (κ3) is 7.63. The molecular weight excluding hydrogens is 574 g/mol. The summed E-state index contributed by atoms with van der Waals surface area (Å²) in [5.74, 6) is -0.403. The zero-order valence-corrected chi connectivity index (χ0v) is 25.8. The summed E-state index contributed by atoms with van der Waals surface area (Å²) in [4.78, 5) is 29.0. The van der Waals surface area contributed by atoms with Gasteiger partial charge in [-0.05, 0) is 62.6 Å². The third-order valence-electron chi connectivity index (χ3n) is 7.59. The van der Waals surface area contributed by atoms with Crippen molar-refractivity contribution < 1.29 is 22.7 Å². The summed E-state index contributed by atoms with van der Waals surface area (Å²) in [6.07, 6.45) is 5.09. The summed E-state index contributed by atoms with van der Waals surface area (Å²) >= 11 is 6.38. The summed E-state index contributed by atoms with van der Waals surface area (Å²) in [5, 5.41) is 3.32. The molecule has 0 bridgehead atoms. The molecule has 1 fully saturated rings. The molecule has 2 amide bonds. The fraction of sp³-hybridized carbons (Fsp3) is 0.375. The Kier molecular flexibility index (Phi) is 10.5. The highest BCUT2D eigenvalue weighted by molar-refractivity contribution is 7.92. The van der Waals surface area contributed by atoms with Crippen molar-refractivity contribution in [3.05, 3.63) is 88.9 Å². The van der Waals surface area contributed by atoms with E-state index in [0.717, 1.165) is 47.5 Å². The number of ether oxygens (including phenoxy) is 1. The van der Waals surface area contributed by atoms with E-state index in [1.54, 1.807) is 37.3 Å². The lowest BCUT2D eigenvalue weighted by molar-refractivity contribution is -0.139. The van der Waals surface area contributed by atoms with Crippen molar-refractivity contribution in [1.29, 1.82) is 0 Å². The predicted octanol–water partition coefficient (Wildman–Crippen LogP) is 5.72. The topological polar surface area (TPSA) is 96.0 Å². The molecule has 0 aromatic heterocycles. The third-order valence-corrected chi connectivity index (χ3v) is 9.67. The number of halogens is 1. The van der Waals surface area contributed by atoms with Crippen molar-refractivity contribution in [1.82, 2.24) is 10.2 Å². The minimum absolute atomic E-state index is 0.0260. The molecule has 0 aliphatic heterocycles. The van der Waals surface area contributed by atoms with Crippen LogP contribution in [-0.2, 0) is 26.2 Å².